The van der Waals surface area contributed by atoms with Crippen molar-refractivity contribution in [1.82, 2.24) is 4.90 Å². The van der Waals surface area contributed by atoms with Crippen LogP contribution in [0.3, 0.4) is 0 Å². The van der Waals surface area contributed by atoms with E-state index in [-0.39, 0.29) is 5.91 Å². The highest BCUT2D eigenvalue weighted by molar-refractivity contribution is 9.10. The molecule has 0 heterocycles. The second kappa shape index (κ2) is 10.3. The summed E-state index contributed by atoms with van der Waals surface area (Å²) in [7, 11) is 0. The minimum atomic E-state index is 0.171. The summed E-state index contributed by atoms with van der Waals surface area (Å²) in [6, 6.07) is 28.6. The minimum absolute atomic E-state index is 0.171. The van der Waals surface area contributed by atoms with Crippen LogP contribution in [0.25, 0.3) is 0 Å². The molecule has 1 amide bonds. The number of amides is 1. The molecule has 0 aromatic heterocycles. The van der Waals surface area contributed by atoms with E-state index < -0.39 is 0 Å². The topological polar surface area (TPSA) is 20.3 Å². The molecule has 3 aromatic carbocycles. The Balaban J connectivity index is 1.61. The number of nitrogens with zero attached hydrogens (tertiary/aromatic N) is 1. The summed E-state index contributed by atoms with van der Waals surface area (Å²) < 4.78 is 1.07. The molecule has 0 fully saturated rings. The predicted molar refractivity (Wildman–Crippen MR) is 117 cm³/mol. The first-order valence-corrected chi connectivity index (χ1v) is 10.8. The highest BCUT2D eigenvalue weighted by atomic mass is 79.9. The van der Waals surface area contributed by atoms with Crippen LogP contribution in [0.1, 0.15) is 16.7 Å². The SMILES string of the molecule is O=C(CSCc1ccc(Br)cc1)N(Cc1ccccc1)Cc1ccccc1. The fourth-order valence-corrected chi connectivity index (χ4v) is 3.92. The van der Waals surface area contributed by atoms with E-state index >= 15 is 0 Å². The molecule has 2 nitrogen and oxygen atoms in total. The van der Waals surface area contributed by atoms with Crippen LogP contribution >= 0.6 is 27.7 Å². The lowest BCUT2D eigenvalue weighted by molar-refractivity contribution is -0.129. The van der Waals surface area contributed by atoms with Crippen molar-refractivity contribution in [3.05, 3.63) is 106 Å². The third kappa shape index (κ3) is 6.56. The standard InChI is InChI=1S/C23H22BrNOS/c24-22-13-11-21(12-14-22)17-27-18-23(26)25(15-19-7-3-1-4-8-19)16-20-9-5-2-6-10-20/h1-14H,15-18H2. The fourth-order valence-electron chi connectivity index (χ4n) is 2.77. The van der Waals surface area contributed by atoms with Gasteiger partial charge in [-0.25, -0.2) is 0 Å². The largest absolute Gasteiger partial charge is 0.333 e. The maximum absolute atomic E-state index is 12.9. The van der Waals surface area contributed by atoms with Gasteiger partial charge in [-0.2, -0.15) is 0 Å². The van der Waals surface area contributed by atoms with Crippen LogP contribution in [0, 0.1) is 0 Å². The van der Waals surface area contributed by atoms with Crippen molar-refractivity contribution in [2.45, 2.75) is 18.8 Å². The van der Waals surface area contributed by atoms with Gasteiger partial charge >= 0.3 is 0 Å². The van der Waals surface area contributed by atoms with Gasteiger partial charge in [-0.05, 0) is 28.8 Å². The van der Waals surface area contributed by atoms with Gasteiger partial charge in [-0.3, -0.25) is 4.79 Å². The number of hydrogen-bond acceptors (Lipinski definition) is 2. The molecule has 4 heteroatoms. The number of hydrogen-bond donors (Lipinski definition) is 0. The molecule has 0 atom stereocenters. The molecule has 0 saturated carbocycles. The minimum Gasteiger partial charge on any atom is -0.333 e. The van der Waals surface area contributed by atoms with Crippen molar-refractivity contribution in [2.24, 2.45) is 0 Å². The van der Waals surface area contributed by atoms with Crippen LogP contribution in [0.15, 0.2) is 89.4 Å². The lowest BCUT2D eigenvalue weighted by atomic mass is 10.1. The van der Waals surface area contributed by atoms with Gasteiger partial charge in [0, 0.05) is 23.3 Å². The van der Waals surface area contributed by atoms with E-state index in [9.17, 15) is 4.79 Å². The van der Waals surface area contributed by atoms with Crippen LogP contribution in [0.5, 0.6) is 0 Å². The average Bonchev–Trinajstić information content (AvgIpc) is 2.70. The third-order valence-corrected chi connectivity index (χ3v) is 5.71. The predicted octanol–water partition coefficient (Wildman–Crippen LogP) is 5.91. The summed E-state index contributed by atoms with van der Waals surface area (Å²) in [6.07, 6.45) is 0. The molecule has 0 bridgehead atoms. The molecule has 0 aliphatic carbocycles. The first-order chi connectivity index (χ1) is 13.2. The molecule has 3 rings (SSSR count). The molecule has 0 N–H and O–H groups in total. The van der Waals surface area contributed by atoms with Crippen LogP contribution in [-0.4, -0.2) is 16.6 Å². The molecule has 27 heavy (non-hydrogen) atoms. The maximum atomic E-state index is 12.9. The van der Waals surface area contributed by atoms with Gasteiger partial charge in [0.15, 0.2) is 0 Å². The van der Waals surface area contributed by atoms with Crippen molar-refractivity contribution >= 4 is 33.6 Å². The van der Waals surface area contributed by atoms with Gasteiger partial charge in [0.25, 0.3) is 0 Å². The van der Waals surface area contributed by atoms with Gasteiger partial charge in [0.05, 0.1) is 5.75 Å². The summed E-state index contributed by atoms with van der Waals surface area (Å²) in [5.41, 5.74) is 3.54. The fraction of sp³-hybridized carbons (Fsp3) is 0.174. The lowest BCUT2D eigenvalue weighted by Crippen LogP contribution is -2.31. The van der Waals surface area contributed by atoms with E-state index in [4.69, 9.17) is 0 Å². The van der Waals surface area contributed by atoms with E-state index in [1.807, 2.05) is 53.4 Å². The highest BCUT2D eigenvalue weighted by Crippen LogP contribution is 2.18. The Hall–Kier alpha value is -2.04. The van der Waals surface area contributed by atoms with Gasteiger partial charge in [0.2, 0.25) is 5.91 Å². The summed E-state index contributed by atoms with van der Waals surface area (Å²) >= 11 is 5.11. The number of rotatable bonds is 8. The molecule has 138 valence electrons. The Morgan fingerprint density at radius 3 is 1.78 bits per heavy atom. The summed E-state index contributed by atoms with van der Waals surface area (Å²) in [4.78, 5) is 14.8. The molecule has 0 unspecified atom stereocenters. The highest BCUT2D eigenvalue weighted by Gasteiger charge is 2.14. The monoisotopic (exact) mass is 439 g/mol. The second-order valence-corrected chi connectivity index (χ2v) is 8.24. The molecule has 0 aliphatic heterocycles. The Kier molecular flexibility index (Phi) is 7.55. The number of benzene rings is 3. The zero-order valence-electron chi connectivity index (χ0n) is 15.1. The van der Waals surface area contributed by atoms with Gasteiger partial charge < -0.3 is 4.90 Å². The quantitative estimate of drug-likeness (QED) is 0.434. The van der Waals surface area contributed by atoms with E-state index in [2.05, 4.69) is 52.3 Å². The smallest absolute Gasteiger partial charge is 0.233 e. The summed E-state index contributed by atoms with van der Waals surface area (Å²) in [5.74, 6) is 1.49. The molecule has 0 radical (unpaired) electrons. The van der Waals surface area contributed by atoms with E-state index in [1.165, 1.54) is 5.56 Å². The molecule has 3 aromatic rings. The zero-order valence-corrected chi connectivity index (χ0v) is 17.5. The first-order valence-electron chi connectivity index (χ1n) is 8.88. The van der Waals surface area contributed by atoms with Crippen molar-refractivity contribution in [1.29, 1.82) is 0 Å². The number of carbonyl (C=O) groups excluding carboxylic acids is 1. The van der Waals surface area contributed by atoms with Crippen molar-refractivity contribution in [3.63, 3.8) is 0 Å². The average molecular weight is 440 g/mol. The van der Waals surface area contributed by atoms with Gasteiger partial charge in [-0.15, -0.1) is 11.8 Å². The Bertz CT molecular complexity index is 796. The van der Waals surface area contributed by atoms with Crippen LogP contribution in [0.4, 0.5) is 0 Å². The molecular formula is C23H22BrNOS. The van der Waals surface area contributed by atoms with E-state index in [1.54, 1.807) is 11.8 Å². The van der Waals surface area contributed by atoms with Gasteiger partial charge in [-0.1, -0.05) is 88.7 Å². The van der Waals surface area contributed by atoms with Crippen LogP contribution < -0.4 is 0 Å². The van der Waals surface area contributed by atoms with Crippen LogP contribution in [0.2, 0.25) is 0 Å². The second-order valence-electron chi connectivity index (χ2n) is 6.34. The first kappa shape index (κ1) is 19.7. The summed E-state index contributed by atoms with van der Waals surface area (Å²) in [5, 5.41) is 0. The third-order valence-electron chi connectivity index (χ3n) is 4.19. The Morgan fingerprint density at radius 1 is 0.741 bits per heavy atom. The normalized spacial score (nSPS) is 10.6. The Labute approximate surface area is 173 Å². The lowest BCUT2D eigenvalue weighted by Gasteiger charge is -2.23. The van der Waals surface area contributed by atoms with E-state index in [0.717, 1.165) is 21.4 Å². The number of halogens is 1. The van der Waals surface area contributed by atoms with Crippen molar-refractivity contribution in [3.8, 4) is 0 Å². The summed E-state index contributed by atoms with van der Waals surface area (Å²) in [6.45, 7) is 1.26. The number of carbonyl (C=O) groups is 1. The van der Waals surface area contributed by atoms with Crippen molar-refractivity contribution < 1.29 is 4.79 Å². The van der Waals surface area contributed by atoms with Crippen LogP contribution in [-0.2, 0) is 23.6 Å². The molecular weight excluding hydrogens is 418 g/mol. The maximum Gasteiger partial charge on any atom is 0.233 e. The van der Waals surface area contributed by atoms with Gasteiger partial charge in [0.1, 0.15) is 0 Å². The van der Waals surface area contributed by atoms with Crippen molar-refractivity contribution in [2.75, 3.05) is 5.75 Å². The number of thioether (sulfide) groups is 1. The molecule has 0 spiro atoms. The Morgan fingerprint density at radius 2 is 1.26 bits per heavy atom. The van der Waals surface area contributed by atoms with E-state index in [0.29, 0.717) is 18.8 Å². The molecule has 0 saturated heterocycles. The molecule has 0 aliphatic rings. The zero-order chi connectivity index (χ0) is 18.9.